The first-order valence-corrected chi connectivity index (χ1v) is 14.3. The lowest BCUT2D eigenvalue weighted by atomic mass is 9.85. The zero-order chi connectivity index (χ0) is 27.8. The Hall–Kier alpha value is -4.30. The molecule has 0 fully saturated rings. The molecule has 7 aromatic rings. The molecule has 0 amide bonds. The quantitative estimate of drug-likeness (QED) is 0.215. The second-order valence-corrected chi connectivity index (χ2v) is 13.2. The Bertz CT molecular complexity index is 1980. The predicted octanol–water partition coefficient (Wildman–Crippen LogP) is 10.5. The third-order valence-corrected chi connectivity index (χ3v) is 8.43. The Labute approximate surface area is 236 Å². The van der Waals surface area contributed by atoms with Gasteiger partial charge in [0, 0.05) is 32.9 Å². The summed E-state index contributed by atoms with van der Waals surface area (Å²) >= 11 is 0. The molecule has 2 nitrogen and oxygen atoms in total. The van der Waals surface area contributed by atoms with Crippen LogP contribution in [0.1, 0.15) is 52.7 Å². The van der Waals surface area contributed by atoms with E-state index in [-0.39, 0.29) is 10.8 Å². The van der Waals surface area contributed by atoms with Crippen molar-refractivity contribution in [3.8, 4) is 11.4 Å². The summed E-state index contributed by atoms with van der Waals surface area (Å²) in [5.41, 5.74) is 10.2. The lowest BCUT2D eigenvalue weighted by molar-refractivity contribution is 0.590. The molecule has 2 heterocycles. The average molecular weight is 521 g/mol. The number of rotatable bonds is 2. The number of para-hydroxylation sites is 2. The largest absolute Gasteiger partial charge is 0.309 e. The number of nitrogens with zero attached hydrogens (tertiary/aromatic N) is 2. The Morgan fingerprint density at radius 2 is 0.875 bits per heavy atom. The molecule has 7 rings (SSSR count). The summed E-state index contributed by atoms with van der Waals surface area (Å²) in [6, 6.07) is 40.5. The average Bonchev–Trinajstić information content (AvgIpc) is 3.44. The van der Waals surface area contributed by atoms with E-state index in [4.69, 9.17) is 0 Å². The van der Waals surface area contributed by atoms with E-state index in [0.29, 0.717) is 0 Å². The van der Waals surface area contributed by atoms with Gasteiger partial charge in [0.25, 0.3) is 0 Å². The highest BCUT2D eigenvalue weighted by molar-refractivity contribution is 6.12. The van der Waals surface area contributed by atoms with Gasteiger partial charge in [0.15, 0.2) is 0 Å². The van der Waals surface area contributed by atoms with Gasteiger partial charge in [-0.2, -0.15) is 0 Å². The third kappa shape index (κ3) is 3.78. The zero-order valence-electron chi connectivity index (χ0n) is 24.3. The molecular weight excluding hydrogens is 484 g/mol. The predicted molar refractivity (Wildman–Crippen MR) is 173 cm³/mol. The Morgan fingerprint density at radius 1 is 0.375 bits per heavy atom. The smallest absolute Gasteiger partial charge is 0.0561 e. The van der Waals surface area contributed by atoms with Crippen molar-refractivity contribution in [1.29, 1.82) is 0 Å². The lowest BCUT2D eigenvalue weighted by Gasteiger charge is -2.19. The van der Waals surface area contributed by atoms with E-state index in [1.165, 1.54) is 66.1 Å². The molecule has 0 aliphatic heterocycles. The van der Waals surface area contributed by atoms with Crippen LogP contribution in [0.3, 0.4) is 0 Å². The van der Waals surface area contributed by atoms with Crippen LogP contribution < -0.4 is 0 Å². The maximum absolute atomic E-state index is 2.45. The van der Waals surface area contributed by atoms with Gasteiger partial charge in [-0.25, -0.2) is 0 Å². The van der Waals surface area contributed by atoms with Crippen molar-refractivity contribution in [1.82, 2.24) is 9.13 Å². The van der Waals surface area contributed by atoms with E-state index in [1.807, 2.05) is 0 Å². The van der Waals surface area contributed by atoms with Crippen LogP contribution in [0.5, 0.6) is 0 Å². The minimum absolute atomic E-state index is 0.0831. The van der Waals surface area contributed by atoms with Gasteiger partial charge in [0.2, 0.25) is 0 Å². The summed E-state index contributed by atoms with van der Waals surface area (Å²) in [5, 5.41) is 5.18. The van der Waals surface area contributed by atoms with Crippen LogP contribution >= 0.6 is 0 Å². The van der Waals surface area contributed by atoms with E-state index < -0.39 is 0 Å². The second kappa shape index (κ2) is 8.60. The molecule has 0 radical (unpaired) electrons. The fourth-order valence-corrected chi connectivity index (χ4v) is 6.19. The molecule has 2 aromatic heterocycles. The van der Waals surface area contributed by atoms with Gasteiger partial charge in [0.05, 0.1) is 22.1 Å². The van der Waals surface area contributed by atoms with Crippen molar-refractivity contribution in [3.63, 3.8) is 0 Å². The molecule has 2 heteroatoms. The first kappa shape index (κ1) is 24.7. The van der Waals surface area contributed by atoms with E-state index in [2.05, 4.69) is 160 Å². The molecule has 40 heavy (non-hydrogen) atoms. The van der Waals surface area contributed by atoms with Crippen molar-refractivity contribution < 1.29 is 0 Å². The SMILES string of the molecule is CC(C)(C)c1ccc2c(c1)c1cc(C(C)(C)C)ccc1n2-c1ccc2c3ccccc3n(-c3ccccc3)c2c1. The zero-order valence-corrected chi connectivity index (χ0v) is 24.3. The standard InChI is InChI=1S/C38H36N2/c1-37(2,3)25-16-20-34-31(22-25)32-23-26(38(4,5)6)17-21-35(32)40(34)28-18-19-30-29-14-10-11-15-33(29)39(36(30)24-28)27-12-8-7-9-13-27/h7-24H,1-6H3. The number of benzene rings is 5. The molecule has 0 spiro atoms. The van der Waals surface area contributed by atoms with Gasteiger partial charge in [-0.1, -0.05) is 96.1 Å². The Balaban J connectivity index is 1.57. The maximum atomic E-state index is 2.45. The number of aromatic nitrogens is 2. The van der Waals surface area contributed by atoms with Crippen LogP contribution in [0.15, 0.2) is 109 Å². The van der Waals surface area contributed by atoms with Crippen LogP contribution in [0.25, 0.3) is 55.0 Å². The van der Waals surface area contributed by atoms with Gasteiger partial charge in [-0.15, -0.1) is 0 Å². The number of hydrogen-bond acceptors (Lipinski definition) is 0. The monoisotopic (exact) mass is 520 g/mol. The van der Waals surface area contributed by atoms with Gasteiger partial charge < -0.3 is 9.13 Å². The highest BCUT2D eigenvalue weighted by Crippen LogP contribution is 2.39. The van der Waals surface area contributed by atoms with E-state index >= 15 is 0 Å². The summed E-state index contributed by atoms with van der Waals surface area (Å²) in [4.78, 5) is 0. The van der Waals surface area contributed by atoms with Crippen molar-refractivity contribution in [3.05, 3.63) is 120 Å². The molecule has 0 saturated heterocycles. The first-order chi connectivity index (χ1) is 19.1. The van der Waals surface area contributed by atoms with Gasteiger partial charge in [0.1, 0.15) is 0 Å². The molecule has 0 aliphatic carbocycles. The van der Waals surface area contributed by atoms with E-state index in [1.54, 1.807) is 0 Å². The van der Waals surface area contributed by atoms with Gasteiger partial charge >= 0.3 is 0 Å². The van der Waals surface area contributed by atoms with Crippen molar-refractivity contribution in [2.24, 2.45) is 0 Å². The molecule has 0 bridgehead atoms. The summed E-state index contributed by atoms with van der Waals surface area (Å²) in [5.74, 6) is 0. The normalized spacial score (nSPS) is 12.8. The molecule has 198 valence electrons. The third-order valence-electron chi connectivity index (χ3n) is 8.43. The molecule has 0 unspecified atom stereocenters. The van der Waals surface area contributed by atoms with Gasteiger partial charge in [-0.05, 0) is 76.6 Å². The molecule has 0 aliphatic rings. The molecule has 0 saturated carbocycles. The summed E-state index contributed by atoms with van der Waals surface area (Å²) < 4.78 is 4.85. The van der Waals surface area contributed by atoms with Crippen LogP contribution in [0.2, 0.25) is 0 Å². The second-order valence-electron chi connectivity index (χ2n) is 13.2. The van der Waals surface area contributed by atoms with E-state index in [9.17, 15) is 0 Å². The van der Waals surface area contributed by atoms with Crippen LogP contribution in [0.4, 0.5) is 0 Å². The fourth-order valence-electron chi connectivity index (χ4n) is 6.19. The minimum Gasteiger partial charge on any atom is -0.309 e. The topological polar surface area (TPSA) is 9.86 Å². The summed E-state index contributed by atoms with van der Waals surface area (Å²) in [6.45, 7) is 13.8. The summed E-state index contributed by atoms with van der Waals surface area (Å²) in [7, 11) is 0. The van der Waals surface area contributed by atoms with Crippen LogP contribution in [0, 0.1) is 0 Å². The molecular formula is C38H36N2. The van der Waals surface area contributed by atoms with Crippen molar-refractivity contribution in [2.75, 3.05) is 0 Å². The van der Waals surface area contributed by atoms with Gasteiger partial charge in [-0.3, -0.25) is 0 Å². The highest BCUT2D eigenvalue weighted by atomic mass is 15.0. The Kier molecular flexibility index (Phi) is 5.31. The lowest BCUT2D eigenvalue weighted by Crippen LogP contribution is -2.10. The van der Waals surface area contributed by atoms with Crippen LogP contribution in [-0.4, -0.2) is 9.13 Å². The fraction of sp³-hybridized carbons (Fsp3) is 0.211. The van der Waals surface area contributed by atoms with E-state index in [0.717, 1.165) is 0 Å². The highest BCUT2D eigenvalue weighted by Gasteiger charge is 2.21. The maximum Gasteiger partial charge on any atom is 0.0561 e. The molecule has 0 atom stereocenters. The number of fused-ring (bicyclic) bond motifs is 6. The molecule has 0 N–H and O–H groups in total. The van der Waals surface area contributed by atoms with Crippen molar-refractivity contribution >= 4 is 43.6 Å². The Morgan fingerprint density at radius 3 is 1.48 bits per heavy atom. The summed E-state index contributed by atoms with van der Waals surface area (Å²) in [6.07, 6.45) is 0. The minimum atomic E-state index is 0.0831. The first-order valence-electron chi connectivity index (χ1n) is 14.3. The van der Waals surface area contributed by atoms with Crippen LogP contribution in [-0.2, 0) is 10.8 Å². The molecule has 5 aromatic carbocycles. The number of hydrogen-bond donors (Lipinski definition) is 0. The van der Waals surface area contributed by atoms with Crippen molar-refractivity contribution in [2.45, 2.75) is 52.4 Å².